The number of hydrogen-bond acceptors (Lipinski definition) is 1. The summed E-state index contributed by atoms with van der Waals surface area (Å²) < 4.78 is 5.91. The highest BCUT2D eigenvalue weighted by molar-refractivity contribution is 5.06. The summed E-state index contributed by atoms with van der Waals surface area (Å²) in [4.78, 5) is 0. The lowest BCUT2D eigenvalue weighted by molar-refractivity contribution is 0.0148. The van der Waals surface area contributed by atoms with Gasteiger partial charge in [0.2, 0.25) is 0 Å². The maximum absolute atomic E-state index is 5.91. The van der Waals surface area contributed by atoms with Crippen molar-refractivity contribution in [2.24, 2.45) is 17.3 Å². The number of rotatable bonds is 1. The quantitative estimate of drug-likeness (QED) is 0.561. The van der Waals surface area contributed by atoms with Gasteiger partial charge >= 0.3 is 0 Å². The van der Waals surface area contributed by atoms with Gasteiger partial charge in [-0.15, -0.1) is 6.58 Å². The zero-order valence-corrected chi connectivity index (χ0v) is 8.17. The van der Waals surface area contributed by atoms with E-state index >= 15 is 0 Å². The van der Waals surface area contributed by atoms with Gasteiger partial charge in [-0.3, -0.25) is 0 Å². The SMILES string of the molecule is C=CC12CC3COC(CC(C3)C1)C2. The normalized spacial score (nSPS) is 53.4. The first-order chi connectivity index (χ1) is 6.30. The van der Waals surface area contributed by atoms with E-state index in [1.807, 2.05) is 0 Å². The van der Waals surface area contributed by atoms with Gasteiger partial charge < -0.3 is 4.74 Å². The molecule has 13 heavy (non-hydrogen) atoms. The Morgan fingerprint density at radius 1 is 1.15 bits per heavy atom. The summed E-state index contributed by atoms with van der Waals surface area (Å²) >= 11 is 0. The first-order valence-corrected chi connectivity index (χ1v) is 5.55. The maximum Gasteiger partial charge on any atom is 0.0586 e. The highest BCUT2D eigenvalue weighted by atomic mass is 16.5. The molecule has 0 amide bonds. The molecule has 0 aromatic heterocycles. The molecular formula is C12H18O. The second-order valence-corrected chi connectivity index (χ2v) is 5.34. The zero-order valence-electron chi connectivity index (χ0n) is 8.17. The van der Waals surface area contributed by atoms with Crippen LogP contribution in [0, 0.1) is 17.3 Å². The Kier molecular flexibility index (Phi) is 1.61. The van der Waals surface area contributed by atoms with Crippen molar-refractivity contribution >= 4 is 0 Å². The lowest BCUT2D eigenvalue weighted by Gasteiger charge is -2.45. The first-order valence-electron chi connectivity index (χ1n) is 5.55. The van der Waals surface area contributed by atoms with E-state index in [-0.39, 0.29) is 0 Å². The summed E-state index contributed by atoms with van der Waals surface area (Å²) in [5, 5.41) is 0. The lowest BCUT2D eigenvalue weighted by Crippen LogP contribution is -2.38. The van der Waals surface area contributed by atoms with Gasteiger partial charge in [0.25, 0.3) is 0 Å². The van der Waals surface area contributed by atoms with Gasteiger partial charge in [0.05, 0.1) is 6.10 Å². The molecule has 4 fully saturated rings. The van der Waals surface area contributed by atoms with Crippen molar-refractivity contribution in [1.29, 1.82) is 0 Å². The predicted octanol–water partition coefficient (Wildman–Crippen LogP) is 2.77. The highest BCUT2D eigenvalue weighted by Crippen LogP contribution is 2.54. The number of hydrogen-bond donors (Lipinski definition) is 0. The smallest absolute Gasteiger partial charge is 0.0586 e. The Balaban J connectivity index is 1.96. The average molecular weight is 178 g/mol. The van der Waals surface area contributed by atoms with Crippen LogP contribution in [0.15, 0.2) is 12.7 Å². The summed E-state index contributed by atoms with van der Waals surface area (Å²) in [5.41, 5.74) is 0.465. The molecule has 4 bridgehead atoms. The third kappa shape index (κ3) is 1.17. The fourth-order valence-corrected chi connectivity index (χ4v) is 3.90. The molecule has 2 saturated heterocycles. The Morgan fingerprint density at radius 3 is 2.85 bits per heavy atom. The van der Waals surface area contributed by atoms with E-state index in [2.05, 4.69) is 12.7 Å². The highest BCUT2D eigenvalue weighted by Gasteiger charge is 2.47. The van der Waals surface area contributed by atoms with Crippen LogP contribution in [0.2, 0.25) is 0 Å². The third-order valence-electron chi connectivity index (χ3n) is 4.29. The van der Waals surface area contributed by atoms with Crippen molar-refractivity contribution in [1.82, 2.24) is 0 Å². The summed E-state index contributed by atoms with van der Waals surface area (Å²) in [5.74, 6) is 1.78. The van der Waals surface area contributed by atoms with Crippen molar-refractivity contribution in [3.63, 3.8) is 0 Å². The molecule has 4 aliphatic rings. The molecule has 4 rings (SSSR count). The molecule has 2 heterocycles. The second kappa shape index (κ2) is 2.60. The van der Waals surface area contributed by atoms with E-state index in [1.165, 1.54) is 32.1 Å². The lowest BCUT2D eigenvalue weighted by atomic mass is 9.59. The Bertz CT molecular complexity index is 217. The van der Waals surface area contributed by atoms with Crippen LogP contribution in [0.25, 0.3) is 0 Å². The van der Waals surface area contributed by atoms with E-state index in [0.29, 0.717) is 11.5 Å². The van der Waals surface area contributed by atoms with E-state index in [4.69, 9.17) is 4.74 Å². The molecule has 0 aromatic rings. The maximum atomic E-state index is 5.91. The largest absolute Gasteiger partial charge is 0.378 e. The molecule has 0 spiro atoms. The minimum Gasteiger partial charge on any atom is -0.378 e. The summed E-state index contributed by atoms with van der Waals surface area (Å²) in [6, 6.07) is 0. The van der Waals surface area contributed by atoms with E-state index in [0.717, 1.165) is 18.4 Å². The van der Waals surface area contributed by atoms with Crippen molar-refractivity contribution in [2.45, 2.75) is 38.2 Å². The minimum absolute atomic E-state index is 0.465. The predicted molar refractivity (Wildman–Crippen MR) is 52.4 cm³/mol. The monoisotopic (exact) mass is 178 g/mol. The standard InChI is InChI=1S/C12H18O/c1-2-12-5-9-3-10(6-12)8-13-11(4-9)7-12/h2,9-11H,1,3-8H2. The van der Waals surface area contributed by atoms with Crippen LogP contribution in [0.1, 0.15) is 32.1 Å². The molecule has 2 aliphatic heterocycles. The number of allylic oxidation sites excluding steroid dienone is 1. The van der Waals surface area contributed by atoms with Crippen LogP contribution in [0.5, 0.6) is 0 Å². The van der Waals surface area contributed by atoms with Gasteiger partial charge in [-0.2, -0.15) is 0 Å². The summed E-state index contributed by atoms with van der Waals surface area (Å²) in [6.07, 6.45) is 9.54. The molecule has 0 radical (unpaired) electrons. The molecule has 1 heteroatoms. The molecule has 1 nitrogen and oxygen atoms in total. The van der Waals surface area contributed by atoms with Gasteiger partial charge in [0.1, 0.15) is 0 Å². The Hall–Kier alpha value is -0.300. The van der Waals surface area contributed by atoms with Crippen LogP contribution in [-0.4, -0.2) is 12.7 Å². The number of ether oxygens (including phenoxy) is 1. The molecule has 2 aliphatic carbocycles. The molecule has 0 aromatic carbocycles. The summed E-state index contributed by atoms with van der Waals surface area (Å²) in [7, 11) is 0. The second-order valence-electron chi connectivity index (χ2n) is 5.34. The van der Waals surface area contributed by atoms with Gasteiger partial charge in [-0.1, -0.05) is 6.08 Å². The molecule has 4 unspecified atom stereocenters. The fourth-order valence-electron chi connectivity index (χ4n) is 3.90. The van der Waals surface area contributed by atoms with Crippen molar-refractivity contribution in [3.05, 3.63) is 12.7 Å². The third-order valence-corrected chi connectivity index (χ3v) is 4.29. The van der Waals surface area contributed by atoms with Crippen LogP contribution in [-0.2, 0) is 4.74 Å². The zero-order chi connectivity index (χ0) is 8.89. The molecule has 0 N–H and O–H groups in total. The van der Waals surface area contributed by atoms with Gasteiger partial charge in [-0.05, 0) is 49.4 Å². The van der Waals surface area contributed by atoms with Crippen LogP contribution < -0.4 is 0 Å². The molecule has 72 valence electrons. The molecule has 2 saturated carbocycles. The van der Waals surface area contributed by atoms with Gasteiger partial charge in [0.15, 0.2) is 0 Å². The van der Waals surface area contributed by atoms with E-state index in [1.54, 1.807) is 0 Å². The fraction of sp³-hybridized carbons (Fsp3) is 0.833. The molecule has 4 atom stereocenters. The van der Waals surface area contributed by atoms with E-state index < -0.39 is 0 Å². The molecular weight excluding hydrogens is 160 g/mol. The average Bonchev–Trinajstić information content (AvgIpc) is 2.33. The minimum atomic E-state index is 0.465. The van der Waals surface area contributed by atoms with Crippen LogP contribution in [0.4, 0.5) is 0 Å². The summed E-state index contributed by atoms with van der Waals surface area (Å²) in [6.45, 7) is 5.06. The van der Waals surface area contributed by atoms with Crippen molar-refractivity contribution in [3.8, 4) is 0 Å². The Morgan fingerprint density at radius 2 is 2.00 bits per heavy atom. The van der Waals surface area contributed by atoms with Gasteiger partial charge in [0, 0.05) is 6.61 Å². The number of fused-ring (bicyclic) bond motifs is 1. The van der Waals surface area contributed by atoms with Crippen LogP contribution >= 0.6 is 0 Å². The van der Waals surface area contributed by atoms with Crippen LogP contribution in [0.3, 0.4) is 0 Å². The van der Waals surface area contributed by atoms with Gasteiger partial charge in [-0.25, -0.2) is 0 Å². The topological polar surface area (TPSA) is 9.23 Å². The van der Waals surface area contributed by atoms with E-state index in [9.17, 15) is 0 Å². The Labute approximate surface area is 80.2 Å². The van der Waals surface area contributed by atoms with Crippen molar-refractivity contribution < 1.29 is 4.74 Å². The first kappa shape index (κ1) is 8.05. The van der Waals surface area contributed by atoms with Crippen molar-refractivity contribution in [2.75, 3.05) is 6.61 Å².